The molecule has 5 rings (SSSR count). The molecule has 3 heterocycles. The number of carbonyl (C=O) groups excluding carboxylic acids is 1. The maximum Gasteiger partial charge on any atom is 0.324 e. The number of nitrogens with one attached hydrogen (secondary N) is 2. The molecular formula is C30H37N7O5. The first-order valence-electron chi connectivity index (χ1n) is 13.9. The molecule has 2 amide bonds. The Bertz CT molecular complexity index is 1530. The largest absolute Gasteiger partial charge is 0.493 e. The minimum Gasteiger partial charge on any atom is -0.493 e. The molecule has 2 aromatic heterocycles. The molecule has 1 saturated heterocycles. The van der Waals surface area contributed by atoms with Gasteiger partial charge in [0.25, 0.3) is 0 Å². The third-order valence-corrected chi connectivity index (χ3v) is 6.94. The topological polar surface area (TPSA) is 127 Å². The monoisotopic (exact) mass is 575 g/mol. The molecular weight excluding hydrogens is 538 g/mol. The molecule has 0 spiro atoms. The summed E-state index contributed by atoms with van der Waals surface area (Å²) in [5.74, 6) is 3.01. The number of piperazine rings is 1. The summed E-state index contributed by atoms with van der Waals surface area (Å²) in [7, 11) is 3.74. The Morgan fingerprint density at radius 3 is 2.57 bits per heavy atom. The van der Waals surface area contributed by atoms with E-state index < -0.39 is 6.03 Å². The second-order valence-corrected chi connectivity index (χ2v) is 11.2. The second-order valence-electron chi connectivity index (χ2n) is 11.2. The lowest BCUT2D eigenvalue weighted by Gasteiger charge is -2.32. The van der Waals surface area contributed by atoms with Gasteiger partial charge in [0.2, 0.25) is 5.88 Å². The highest BCUT2D eigenvalue weighted by Gasteiger charge is 2.21. The molecule has 0 bridgehead atoms. The summed E-state index contributed by atoms with van der Waals surface area (Å²) >= 11 is 0. The molecule has 0 unspecified atom stereocenters. The van der Waals surface area contributed by atoms with Gasteiger partial charge in [-0.3, -0.25) is 10.2 Å². The average molecular weight is 576 g/mol. The Morgan fingerprint density at radius 1 is 1.02 bits per heavy atom. The van der Waals surface area contributed by atoms with E-state index in [1.54, 1.807) is 37.4 Å². The van der Waals surface area contributed by atoms with E-state index in [1.165, 1.54) is 6.33 Å². The van der Waals surface area contributed by atoms with E-state index in [1.807, 2.05) is 32.9 Å². The average Bonchev–Trinajstić information content (AvgIpc) is 3.43. The summed E-state index contributed by atoms with van der Waals surface area (Å²) in [6.45, 7) is 11.6. The number of methoxy groups -OCH3 is 1. The quantitative estimate of drug-likeness (QED) is 0.282. The highest BCUT2D eigenvalue weighted by Crippen LogP contribution is 2.36. The minimum atomic E-state index is -0.460. The van der Waals surface area contributed by atoms with E-state index in [2.05, 4.69) is 42.6 Å². The lowest BCUT2D eigenvalue weighted by atomic mass is 9.93. The van der Waals surface area contributed by atoms with Crippen molar-refractivity contribution in [1.82, 2.24) is 24.9 Å². The van der Waals surface area contributed by atoms with Crippen LogP contribution in [-0.4, -0.2) is 84.4 Å². The van der Waals surface area contributed by atoms with Crippen LogP contribution < -0.4 is 24.8 Å². The van der Waals surface area contributed by atoms with E-state index in [-0.39, 0.29) is 5.41 Å². The molecule has 12 heteroatoms. The van der Waals surface area contributed by atoms with Crippen molar-refractivity contribution in [1.29, 1.82) is 0 Å². The van der Waals surface area contributed by atoms with Gasteiger partial charge < -0.3 is 29.0 Å². The number of urea groups is 1. The molecule has 0 atom stereocenters. The smallest absolute Gasteiger partial charge is 0.324 e. The molecule has 2 aromatic carbocycles. The fourth-order valence-electron chi connectivity index (χ4n) is 4.47. The SMILES string of the molecule is COc1cc2c(Oc3cccc(NC(=O)Nc4cc(C(C)(C)C)on4)c3)ncnc2cc1OCCN1CCN(C)CC1. The Balaban J connectivity index is 1.24. The number of carbonyl (C=O) groups is 1. The Hall–Kier alpha value is -4.42. The number of ether oxygens (including phenoxy) is 3. The van der Waals surface area contributed by atoms with Gasteiger partial charge >= 0.3 is 6.03 Å². The number of likely N-dealkylation sites (N-methyl/N-ethyl adjacent to an activating group) is 1. The number of aromatic nitrogens is 3. The standard InChI is InChI=1S/C30H37N7O5/c1-30(2,3)26-18-27(35-42-26)34-29(38)33-20-7-6-8-21(15-20)41-28-22-16-24(39-5)25(17-23(22)31-19-32-28)40-14-13-37-11-9-36(4)10-12-37/h6-8,15-19H,9-14H2,1-5H3,(H2,33,34,35,38). The van der Waals surface area contributed by atoms with Crippen LogP contribution in [0.25, 0.3) is 10.9 Å². The van der Waals surface area contributed by atoms with Crippen molar-refractivity contribution >= 4 is 28.4 Å². The molecule has 0 aliphatic carbocycles. The highest BCUT2D eigenvalue weighted by molar-refractivity contribution is 5.99. The van der Waals surface area contributed by atoms with Gasteiger partial charge in [-0.15, -0.1) is 0 Å². The Morgan fingerprint density at radius 2 is 1.83 bits per heavy atom. The van der Waals surface area contributed by atoms with E-state index in [0.29, 0.717) is 57.9 Å². The van der Waals surface area contributed by atoms with Crippen LogP contribution in [0.5, 0.6) is 23.1 Å². The lowest BCUT2D eigenvalue weighted by Crippen LogP contribution is -2.45. The molecule has 42 heavy (non-hydrogen) atoms. The van der Waals surface area contributed by atoms with Gasteiger partial charge in [-0.1, -0.05) is 32.0 Å². The minimum absolute atomic E-state index is 0.219. The van der Waals surface area contributed by atoms with E-state index >= 15 is 0 Å². The summed E-state index contributed by atoms with van der Waals surface area (Å²) in [5.41, 5.74) is 0.964. The van der Waals surface area contributed by atoms with Crippen LogP contribution in [0.4, 0.5) is 16.3 Å². The van der Waals surface area contributed by atoms with Crippen LogP contribution in [0.1, 0.15) is 26.5 Å². The van der Waals surface area contributed by atoms with Crippen LogP contribution in [0.15, 0.2) is 53.3 Å². The fraction of sp³-hybridized carbons (Fsp3) is 0.400. The third-order valence-electron chi connectivity index (χ3n) is 6.94. The summed E-state index contributed by atoms with van der Waals surface area (Å²) in [5, 5.41) is 10.1. The zero-order valence-electron chi connectivity index (χ0n) is 24.6. The Labute approximate surface area is 244 Å². The van der Waals surface area contributed by atoms with Crippen LogP contribution in [0, 0.1) is 0 Å². The maximum atomic E-state index is 12.6. The van der Waals surface area contributed by atoms with E-state index in [4.69, 9.17) is 18.7 Å². The van der Waals surface area contributed by atoms with Crippen LogP contribution in [0.2, 0.25) is 0 Å². The number of fused-ring (bicyclic) bond motifs is 1. The van der Waals surface area contributed by atoms with Crippen molar-refractivity contribution < 1.29 is 23.5 Å². The van der Waals surface area contributed by atoms with Gasteiger partial charge in [-0.2, -0.15) is 0 Å². The first-order valence-corrected chi connectivity index (χ1v) is 13.9. The summed E-state index contributed by atoms with van der Waals surface area (Å²) in [6, 6.07) is 11.9. The zero-order valence-corrected chi connectivity index (χ0v) is 24.6. The highest BCUT2D eigenvalue weighted by atomic mass is 16.5. The number of benzene rings is 2. The number of rotatable bonds is 9. The van der Waals surface area contributed by atoms with Crippen molar-refractivity contribution in [3.05, 3.63) is 54.6 Å². The van der Waals surface area contributed by atoms with Crippen LogP contribution in [-0.2, 0) is 5.41 Å². The lowest BCUT2D eigenvalue weighted by molar-refractivity contribution is 0.133. The summed E-state index contributed by atoms with van der Waals surface area (Å²) < 4.78 is 23.2. The molecule has 12 nitrogen and oxygen atoms in total. The molecule has 1 fully saturated rings. The van der Waals surface area contributed by atoms with Gasteiger partial charge in [0.05, 0.1) is 18.0 Å². The number of amides is 2. The van der Waals surface area contributed by atoms with Gasteiger partial charge in [0.1, 0.15) is 24.4 Å². The van der Waals surface area contributed by atoms with E-state index in [0.717, 1.165) is 32.7 Å². The normalized spacial score (nSPS) is 14.5. The summed E-state index contributed by atoms with van der Waals surface area (Å²) in [6.07, 6.45) is 1.44. The van der Waals surface area contributed by atoms with Crippen LogP contribution in [0.3, 0.4) is 0 Å². The predicted octanol–water partition coefficient (Wildman–Crippen LogP) is 4.99. The van der Waals surface area contributed by atoms with Crippen molar-refractivity contribution in [3.8, 4) is 23.1 Å². The zero-order chi connectivity index (χ0) is 29.7. The molecule has 222 valence electrons. The molecule has 1 aliphatic rings. The molecule has 2 N–H and O–H groups in total. The van der Waals surface area contributed by atoms with Gasteiger partial charge in [0.15, 0.2) is 17.3 Å². The predicted molar refractivity (Wildman–Crippen MR) is 160 cm³/mol. The number of anilines is 2. The third kappa shape index (κ3) is 7.25. The fourth-order valence-corrected chi connectivity index (χ4v) is 4.47. The first kappa shape index (κ1) is 29.1. The second kappa shape index (κ2) is 12.6. The van der Waals surface area contributed by atoms with Crippen molar-refractivity contribution in [2.24, 2.45) is 0 Å². The van der Waals surface area contributed by atoms with Gasteiger partial charge in [0, 0.05) is 62.0 Å². The van der Waals surface area contributed by atoms with E-state index in [9.17, 15) is 4.79 Å². The van der Waals surface area contributed by atoms with Gasteiger partial charge in [-0.05, 0) is 25.2 Å². The summed E-state index contributed by atoms with van der Waals surface area (Å²) in [4.78, 5) is 26.1. The Kier molecular flexibility index (Phi) is 8.74. The maximum absolute atomic E-state index is 12.6. The van der Waals surface area contributed by atoms with Crippen LogP contribution >= 0.6 is 0 Å². The number of hydrogen-bond donors (Lipinski definition) is 2. The number of nitrogens with zero attached hydrogens (tertiary/aromatic N) is 5. The van der Waals surface area contributed by atoms with Crippen molar-refractivity contribution in [2.45, 2.75) is 26.2 Å². The van der Waals surface area contributed by atoms with Crippen molar-refractivity contribution in [3.63, 3.8) is 0 Å². The van der Waals surface area contributed by atoms with Gasteiger partial charge in [-0.25, -0.2) is 14.8 Å². The molecule has 0 radical (unpaired) electrons. The number of hydrogen-bond acceptors (Lipinski definition) is 10. The molecule has 1 aliphatic heterocycles. The molecule has 0 saturated carbocycles. The van der Waals surface area contributed by atoms with Crippen molar-refractivity contribution in [2.75, 3.05) is 64.1 Å². The first-order chi connectivity index (χ1) is 20.2. The molecule has 4 aromatic rings.